The van der Waals surface area contributed by atoms with Gasteiger partial charge in [0.15, 0.2) is 11.5 Å². The van der Waals surface area contributed by atoms with E-state index >= 15 is 0 Å². The van der Waals surface area contributed by atoms with Crippen LogP contribution in [0.15, 0.2) is 41.8 Å². The minimum absolute atomic E-state index is 0.0662. The number of aromatic carboxylic acids is 1. The van der Waals surface area contributed by atoms with Gasteiger partial charge in [-0.05, 0) is 50.3 Å². The van der Waals surface area contributed by atoms with Gasteiger partial charge in [-0.3, -0.25) is 0 Å². The van der Waals surface area contributed by atoms with Crippen LogP contribution >= 0.6 is 11.3 Å². The smallest absolute Gasteiger partial charge is 0.339 e. The van der Waals surface area contributed by atoms with Gasteiger partial charge in [0.05, 0.1) is 18.9 Å². The van der Waals surface area contributed by atoms with Gasteiger partial charge in [-0.15, -0.1) is 11.3 Å². The number of aliphatic carboxylic acids is 1. The van der Waals surface area contributed by atoms with Crippen LogP contribution in [0.2, 0.25) is 0 Å². The second kappa shape index (κ2) is 9.97. The Morgan fingerprint density at radius 1 is 1.03 bits per heavy atom. The monoisotopic (exact) mass is 455 g/mol. The summed E-state index contributed by atoms with van der Waals surface area (Å²) in [6.45, 7) is 4.75. The highest BCUT2D eigenvalue weighted by Gasteiger charge is 2.17. The largest absolute Gasteiger partial charge is 0.506 e. The van der Waals surface area contributed by atoms with E-state index in [4.69, 9.17) is 14.6 Å². The molecule has 0 aliphatic heterocycles. The molecule has 8 nitrogen and oxygen atoms in total. The molecule has 1 heterocycles. The molecule has 3 aromatic rings. The normalized spacial score (nSPS) is 10.9. The van der Waals surface area contributed by atoms with Crippen LogP contribution in [0.4, 0.5) is 0 Å². The minimum atomic E-state index is -1.34. The van der Waals surface area contributed by atoms with Gasteiger partial charge in [0.1, 0.15) is 16.3 Å². The number of aromatic hydroxyl groups is 1. The lowest BCUT2D eigenvalue weighted by atomic mass is 10.0. The van der Waals surface area contributed by atoms with Crippen LogP contribution in [0.3, 0.4) is 0 Å². The Morgan fingerprint density at radius 2 is 1.75 bits per heavy atom. The van der Waals surface area contributed by atoms with Gasteiger partial charge in [-0.25, -0.2) is 14.6 Å². The van der Waals surface area contributed by atoms with Crippen LogP contribution < -0.4 is 9.47 Å². The van der Waals surface area contributed by atoms with Crippen molar-refractivity contribution in [2.75, 3.05) is 13.2 Å². The van der Waals surface area contributed by atoms with E-state index < -0.39 is 17.7 Å². The first-order valence-corrected chi connectivity index (χ1v) is 10.6. The van der Waals surface area contributed by atoms with Crippen LogP contribution in [0.25, 0.3) is 27.9 Å². The first-order valence-electron chi connectivity index (χ1n) is 9.71. The maximum atomic E-state index is 11.6. The zero-order valence-corrected chi connectivity index (χ0v) is 18.2. The molecule has 1 aromatic heterocycles. The van der Waals surface area contributed by atoms with Crippen molar-refractivity contribution in [1.29, 1.82) is 0 Å². The Labute approximate surface area is 188 Å². The molecule has 0 saturated heterocycles. The molecule has 0 bridgehead atoms. The first kappa shape index (κ1) is 22.8. The van der Waals surface area contributed by atoms with Crippen molar-refractivity contribution in [3.8, 4) is 39.1 Å². The molecule has 0 spiro atoms. The maximum Gasteiger partial charge on any atom is 0.339 e. The number of ether oxygens (including phenoxy) is 2. The van der Waals surface area contributed by atoms with Crippen LogP contribution in [0, 0.1) is 0 Å². The lowest BCUT2D eigenvalue weighted by Gasteiger charge is -2.11. The third-order valence-corrected chi connectivity index (χ3v) is 5.26. The summed E-state index contributed by atoms with van der Waals surface area (Å²) in [6, 6.07) is 8.29. The van der Waals surface area contributed by atoms with Crippen LogP contribution in [-0.2, 0) is 4.79 Å². The molecular formula is C23H21NO7S. The summed E-state index contributed by atoms with van der Waals surface area (Å²) in [5.41, 5.74) is 1.45. The summed E-state index contributed by atoms with van der Waals surface area (Å²) in [7, 11) is 0. The average molecular weight is 455 g/mol. The summed E-state index contributed by atoms with van der Waals surface area (Å²) >= 11 is 1.36. The molecule has 0 unspecified atom stereocenters. The molecule has 3 rings (SSSR count). The number of thiazole rings is 1. The van der Waals surface area contributed by atoms with Gasteiger partial charge in [0.25, 0.3) is 0 Å². The predicted molar refractivity (Wildman–Crippen MR) is 121 cm³/mol. The molecule has 0 aliphatic carbocycles. The Balaban J connectivity index is 2.03. The quantitative estimate of drug-likeness (QED) is 0.394. The van der Waals surface area contributed by atoms with E-state index in [1.807, 2.05) is 32.0 Å². The number of phenols is 1. The molecule has 2 aromatic carbocycles. The van der Waals surface area contributed by atoms with E-state index in [0.29, 0.717) is 41.0 Å². The molecule has 0 saturated carbocycles. The van der Waals surface area contributed by atoms with E-state index in [9.17, 15) is 19.8 Å². The van der Waals surface area contributed by atoms with Crippen molar-refractivity contribution >= 4 is 29.4 Å². The number of hydrogen-bond donors (Lipinski definition) is 3. The molecule has 0 radical (unpaired) electrons. The van der Waals surface area contributed by atoms with E-state index in [2.05, 4.69) is 4.98 Å². The molecule has 166 valence electrons. The third-order valence-electron chi connectivity index (χ3n) is 4.37. The number of rotatable bonds is 9. The van der Waals surface area contributed by atoms with Crippen molar-refractivity contribution in [1.82, 2.24) is 4.98 Å². The van der Waals surface area contributed by atoms with E-state index in [-0.39, 0.29) is 11.1 Å². The molecule has 0 atom stereocenters. The molecule has 3 N–H and O–H groups in total. The zero-order chi connectivity index (χ0) is 23.3. The Morgan fingerprint density at radius 3 is 2.41 bits per heavy atom. The van der Waals surface area contributed by atoms with Gasteiger partial charge in [-0.2, -0.15) is 0 Å². The Hall–Kier alpha value is -3.85. The van der Waals surface area contributed by atoms with Crippen molar-refractivity contribution in [3.63, 3.8) is 0 Å². The van der Waals surface area contributed by atoms with E-state index in [1.165, 1.54) is 23.5 Å². The van der Waals surface area contributed by atoms with Gasteiger partial charge in [0, 0.05) is 28.1 Å². The molecule has 0 amide bonds. The van der Waals surface area contributed by atoms with Gasteiger partial charge in [0.2, 0.25) is 0 Å². The third kappa shape index (κ3) is 5.06. The van der Waals surface area contributed by atoms with Crippen LogP contribution in [0.1, 0.15) is 29.8 Å². The number of carbonyl (C=O) groups is 2. The lowest BCUT2D eigenvalue weighted by Crippen LogP contribution is -1.99. The fraction of sp³-hybridized carbons (Fsp3) is 0.174. The average Bonchev–Trinajstić information content (AvgIpc) is 3.24. The van der Waals surface area contributed by atoms with Crippen molar-refractivity contribution < 1.29 is 34.4 Å². The van der Waals surface area contributed by atoms with Crippen molar-refractivity contribution in [2.45, 2.75) is 13.8 Å². The SMILES string of the molecule is CCOc1ccc(-c2nc(-c3cc(/C=C/C(=O)O)c(O)c(C(=O)O)c3)cs2)cc1OCC. The summed E-state index contributed by atoms with van der Waals surface area (Å²) in [5.74, 6) is -1.83. The summed E-state index contributed by atoms with van der Waals surface area (Å²) in [6.07, 6.45) is 1.97. The Bertz CT molecular complexity index is 1180. The number of hydrogen-bond acceptors (Lipinski definition) is 7. The van der Waals surface area contributed by atoms with Crippen LogP contribution in [-0.4, -0.2) is 45.5 Å². The Kier molecular flexibility index (Phi) is 7.11. The lowest BCUT2D eigenvalue weighted by molar-refractivity contribution is -0.131. The number of benzene rings is 2. The fourth-order valence-electron chi connectivity index (χ4n) is 2.98. The molecular weight excluding hydrogens is 434 g/mol. The minimum Gasteiger partial charge on any atom is -0.506 e. The second-order valence-corrected chi connectivity index (χ2v) is 7.36. The molecule has 0 fully saturated rings. The summed E-state index contributed by atoms with van der Waals surface area (Å²) < 4.78 is 11.2. The predicted octanol–water partition coefficient (Wildman–Crippen LogP) is 4.78. The number of carboxylic acids is 2. The first-order chi connectivity index (χ1) is 15.3. The van der Waals surface area contributed by atoms with E-state index in [1.54, 1.807) is 5.38 Å². The van der Waals surface area contributed by atoms with E-state index in [0.717, 1.165) is 17.7 Å². The standard InChI is InChI=1S/C23H21NO7S/c1-3-30-18-7-5-14(11-19(18)31-4-2)22-24-17(12-32-22)15-9-13(6-8-20(25)26)21(27)16(10-15)23(28)29/h5-12,27H,3-4H2,1-2H3,(H,25,26)(H,28,29)/b8-6+. The van der Waals surface area contributed by atoms with Crippen molar-refractivity contribution in [3.05, 3.63) is 52.9 Å². The number of aromatic nitrogens is 1. The van der Waals surface area contributed by atoms with Crippen LogP contribution in [0.5, 0.6) is 17.2 Å². The van der Waals surface area contributed by atoms with Gasteiger partial charge < -0.3 is 24.8 Å². The number of nitrogens with zero attached hydrogens (tertiary/aromatic N) is 1. The highest BCUT2D eigenvalue weighted by molar-refractivity contribution is 7.13. The van der Waals surface area contributed by atoms with Crippen molar-refractivity contribution in [2.24, 2.45) is 0 Å². The number of carboxylic acid groups (broad SMARTS) is 2. The topological polar surface area (TPSA) is 126 Å². The fourth-order valence-corrected chi connectivity index (χ4v) is 3.81. The molecule has 0 aliphatic rings. The molecule has 9 heteroatoms. The highest BCUT2D eigenvalue weighted by atomic mass is 32.1. The second-order valence-electron chi connectivity index (χ2n) is 6.50. The van der Waals surface area contributed by atoms with Gasteiger partial charge in [-0.1, -0.05) is 0 Å². The van der Waals surface area contributed by atoms with Gasteiger partial charge >= 0.3 is 11.9 Å². The maximum absolute atomic E-state index is 11.6. The highest BCUT2D eigenvalue weighted by Crippen LogP contribution is 2.37. The summed E-state index contributed by atoms with van der Waals surface area (Å²) in [4.78, 5) is 27.0. The summed E-state index contributed by atoms with van der Waals surface area (Å²) in [5, 5.41) is 30.9. The zero-order valence-electron chi connectivity index (χ0n) is 17.4. The molecule has 32 heavy (non-hydrogen) atoms.